The van der Waals surface area contributed by atoms with E-state index in [1.807, 2.05) is 12.1 Å². The van der Waals surface area contributed by atoms with Crippen LogP contribution in [0.5, 0.6) is 5.75 Å². The van der Waals surface area contributed by atoms with Crippen LogP contribution in [-0.2, 0) is 4.79 Å². The number of H-pyrrole nitrogens is 1. The van der Waals surface area contributed by atoms with Gasteiger partial charge in [-0.25, -0.2) is 9.67 Å². The molecule has 0 radical (unpaired) electrons. The van der Waals surface area contributed by atoms with Crippen molar-refractivity contribution in [3.8, 4) is 11.4 Å². The smallest absolute Gasteiger partial charge is 0.262 e. The minimum absolute atomic E-state index is 0.0671. The average molecular weight is 442 g/mol. The second kappa shape index (κ2) is 8.60. The molecule has 0 saturated carbocycles. The Morgan fingerprint density at radius 2 is 2.07 bits per heavy atom. The second-order valence-corrected chi connectivity index (χ2v) is 7.61. The highest BCUT2D eigenvalue weighted by molar-refractivity contribution is 7.99. The topological polar surface area (TPSA) is 102 Å². The predicted octanol–water partition coefficient (Wildman–Crippen LogP) is 3.50. The molecule has 2 aromatic heterocycles. The lowest BCUT2D eigenvalue weighted by Crippen LogP contribution is -2.15. The Hall–Kier alpha value is -3.30. The number of anilines is 1. The lowest BCUT2D eigenvalue weighted by Gasteiger charge is -2.07. The van der Waals surface area contributed by atoms with E-state index in [0.29, 0.717) is 32.6 Å². The summed E-state index contributed by atoms with van der Waals surface area (Å²) >= 11 is 7.05. The Morgan fingerprint density at radius 3 is 2.80 bits per heavy atom. The molecule has 2 heterocycles. The summed E-state index contributed by atoms with van der Waals surface area (Å²) in [5.74, 6) is 0.536. The number of aromatic nitrogens is 4. The number of amides is 1. The Morgan fingerprint density at radius 1 is 1.27 bits per heavy atom. The number of ether oxygens (including phenoxy) is 1. The van der Waals surface area contributed by atoms with Crippen molar-refractivity contribution in [1.82, 2.24) is 19.7 Å². The van der Waals surface area contributed by atoms with Crippen molar-refractivity contribution in [2.45, 2.75) is 5.16 Å². The zero-order valence-corrected chi connectivity index (χ0v) is 17.3. The number of hydrogen-bond acceptors (Lipinski definition) is 6. The molecule has 4 rings (SSSR count). The molecule has 0 atom stereocenters. The van der Waals surface area contributed by atoms with Crippen LogP contribution in [0.15, 0.2) is 64.7 Å². The van der Waals surface area contributed by atoms with Gasteiger partial charge in [0.1, 0.15) is 11.1 Å². The van der Waals surface area contributed by atoms with Gasteiger partial charge in [0.15, 0.2) is 10.8 Å². The molecule has 0 aliphatic rings. The van der Waals surface area contributed by atoms with Crippen molar-refractivity contribution in [3.63, 3.8) is 0 Å². The maximum atomic E-state index is 12.4. The van der Waals surface area contributed by atoms with Gasteiger partial charge in [0.2, 0.25) is 5.91 Å². The lowest BCUT2D eigenvalue weighted by atomic mass is 10.3. The van der Waals surface area contributed by atoms with Gasteiger partial charge < -0.3 is 15.0 Å². The highest BCUT2D eigenvalue weighted by Crippen LogP contribution is 2.20. The number of rotatable bonds is 6. The van der Waals surface area contributed by atoms with Gasteiger partial charge in [0.25, 0.3) is 5.56 Å². The molecule has 10 heteroatoms. The van der Waals surface area contributed by atoms with Crippen LogP contribution in [0.2, 0.25) is 5.02 Å². The summed E-state index contributed by atoms with van der Waals surface area (Å²) < 4.78 is 6.74. The Kier molecular flexibility index (Phi) is 5.73. The first kappa shape index (κ1) is 20.0. The SMILES string of the molecule is COc1ccc(-n2ncc3c(=O)[nH]c(SCC(=O)Nc4cccc(Cl)c4)nc32)cc1. The van der Waals surface area contributed by atoms with E-state index in [9.17, 15) is 9.59 Å². The summed E-state index contributed by atoms with van der Waals surface area (Å²) in [6, 6.07) is 14.1. The van der Waals surface area contributed by atoms with Crippen LogP contribution in [0.25, 0.3) is 16.7 Å². The maximum Gasteiger partial charge on any atom is 0.262 e. The number of halogens is 1. The number of carbonyl (C=O) groups excluding carboxylic acids is 1. The number of fused-ring (bicyclic) bond motifs is 1. The van der Waals surface area contributed by atoms with E-state index in [0.717, 1.165) is 17.4 Å². The molecule has 1 amide bonds. The first-order chi connectivity index (χ1) is 14.5. The van der Waals surface area contributed by atoms with Crippen LogP contribution in [0.3, 0.4) is 0 Å². The molecular formula is C20H16ClN5O3S. The Balaban J connectivity index is 1.54. The van der Waals surface area contributed by atoms with Crippen LogP contribution in [-0.4, -0.2) is 38.5 Å². The summed E-state index contributed by atoms with van der Waals surface area (Å²) in [6.45, 7) is 0. The van der Waals surface area contributed by atoms with Crippen molar-refractivity contribution < 1.29 is 9.53 Å². The summed E-state index contributed by atoms with van der Waals surface area (Å²) in [7, 11) is 1.59. The van der Waals surface area contributed by atoms with Gasteiger partial charge in [-0.15, -0.1) is 0 Å². The molecule has 2 N–H and O–H groups in total. The summed E-state index contributed by atoms with van der Waals surface area (Å²) in [4.78, 5) is 31.8. The minimum atomic E-state index is -0.322. The molecule has 152 valence electrons. The number of methoxy groups -OCH3 is 1. The molecule has 0 spiro atoms. The van der Waals surface area contributed by atoms with E-state index in [4.69, 9.17) is 16.3 Å². The maximum absolute atomic E-state index is 12.4. The fraction of sp³-hybridized carbons (Fsp3) is 0.100. The summed E-state index contributed by atoms with van der Waals surface area (Å²) in [6.07, 6.45) is 1.46. The normalized spacial score (nSPS) is 10.9. The summed E-state index contributed by atoms with van der Waals surface area (Å²) in [5.41, 5.74) is 1.42. The first-order valence-corrected chi connectivity index (χ1v) is 10.2. The zero-order chi connectivity index (χ0) is 21.1. The Bertz CT molecular complexity index is 1270. The lowest BCUT2D eigenvalue weighted by molar-refractivity contribution is -0.113. The quantitative estimate of drug-likeness (QED) is 0.350. The van der Waals surface area contributed by atoms with Crippen LogP contribution >= 0.6 is 23.4 Å². The molecule has 4 aromatic rings. The number of nitrogens with zero attached hydrogens (tertiary/aromatic N) is 3. The van der Waals surface area contributed by atoms with Crippen molar-refractivity contribution >= 4 is 46.0 Å². The van der Waals surface area contributed by atoms with Gasteiger partial charge >= 0.3 is 0 Å². The number of benzene rings is 2. The zero-order valence-electron chi connectivity index (χ0n) is 15.8. The van der Waals surface area contributed by atoms with E-state index < -0.39 is 0 Å². The van der Waals surface area contributed by atoms with E-state index in [1.165, 1.54) is 6.20 Å². The van der Waals surface area contributed by atoms with E-state index in [1.54, 1.807) is 48.2 Å². The monoisotopic (exact) mass is 441 g/mol. The molecule has 0 unspecified atom stereocenters. The van der Waals surface area contributed by atoms with Crippen molar-refractivity contribution in [2.75, 3.05) is 18.2 Å². The van der Waals surface area contributed by atoms with Crippen molar-refractivity contribution in [1.29, 1.82) is 0 Å². The molecule has 0 aliphatic carbocycles. The number of aromatic amines is 1. The van der Waals surface area contributed by atoms with Crippen molar-refractivity contribution in [3.05, 3.63) is 70.1 Å². The standard InChI is InChI=1S/C20H16ClN5O3S/c1-29-15-7-5-14(6-8-15)26-18-16(10-22-26)19(28)25-20(24-18)30-11-17(27)23-13-4-2-3-12(21)9-13/h2-10H,11H2,1H3,(H,23,27)(H,24,25,28). The van der Waals surface area contributed by atoms with Gasteiger partial charge in [-0.2, -0.15) is 5.10 Å². The van der Waals surface area contributed by atoms with E-state index in [2.05, 4.69) is 20.4 Å². The highest BCUT2D eigenvalue weighted by atomic mass is 35.5. The van der Waals surface area contributed by atoms with Crippen molar-refractivity contribution in [2.24, 2.45) is 0 Å². The summed E-state index contributed by atoms with van der Waals surface area (Å²) in [5, 5.41) is 8.24. The molecule has 2 aromatic carbocycles. The molecule has 8 nitrogen and oxygen atoms in total. The molecule has 0 aliphatic heterocycles. The minimum Gasteiger partial charge on any atom is -0.497 e. The molecule has 0 saturated heterocycles. The predicted molar refractivity (Wildman–Crippen MR) is 117 cm³/mol. The van der Waals surface area contributed by atoms with Gasteiger partial charge in [-0.05, 0) is 42.5 Å². The Labute approximate surface area is 180 Å². The van der Waals surface area contributed by atoms with Crippen LogP contribution in [0.4, 0.5) is 5.69 Å². The third-order valence-corrected chi connectivity index (χ3v) is 5.29. The number of nitrogens with one attached hydrogen (secondary N) is 2. The number of hydrogen-bond donors (Lipinski definition) is 2. The van der Waals surface area contributed by atoms with Gasteiger partial charge in [0.05, 0.1) is 24.7 Å². The fourth-order valence-electron chi connectivity index (χ4n) is 2.78. The van der Waals surface area contributed by atoms with Gasteiger partial charge in [0, 0.05) is 10.7 Å². The molecule has 0 fully saturated rings. The average Bonchev–Trinajstić information content (AvgIpc) is 3.17. The number of carbonyl (C=O) groups is 1. The molecular weight excluding hydrogens is 426 g/mol. The highest BCUT2D eigenvalue weighted by Gasteiger charge is 2.13. The van der Waals surface area contributed by atoms with Gasteiger partial charge in [-0.3, -0.25) is 9.59 Å². The van der Waals surface area contributed by atoms with E-state index >= 15 is 0 Å². The second-order valence-electron chi connectivity index (χ2n) is 6.21. The van der Waals surface area contributed by atoms with Crippen LogP contribution in [0.1, 0.15) is 0 Å². The molecule has 30 heavy (non-hydrogen) atoms. The largest absolute Gasteiger partial charge is 0.497 e. The first-order valence-electron chi connectivity index (χ1n) is 8.84. The van der Waals surface area contributed by atoms with Crippen LogP contribution in [0, 0.1) is 0 Å². The number of thioether (sulfide) groups is 1. The third-order valence-electron chi connectivity index (χ3n) is 4.18. The fourth-order valence-corrected chi connectivity index (χ4v) is 3.62. The molecule has 0 bridgehead atoms. The third kappa shape index (κ3) is 4.32. The van der Waals surface area contributed by atoms with E-state index in [-0.39, 0.29) is 17.2 Å². The van der Waals surface area contributed by atoms with Gasteiger partial charge in [-0.1, -0.05) is 29.4 Å². The van der Waals surface area contributed by atoms with Crippen LogP contribution < -0.4 is 15.6 Å².